The van der Waals surface area contributed by atoms with E-state index in [0.29, 0.717) is 5.56 Å². The van der Waals surface area contributed by atoms with Gasteiger partial charge in [0.2, 0.25) is 5.91 Å². The number of nitrogens with one attached hydrogen (secondary N) is 1. The van der Waals surface area contributed by atoms with Gasteiger partial charge in [0.15, 0.2) is 0 Å². The molecule has 0 saturated carbocycles. The molecule has 0 radical (unpaired) electrons. The Morgan fingerprint density at radius 3 is 2.05 bits per heavy atom. The van der Waals surface area contributed by atoms with E-state index in [2.05, 4.69) is 5.32 Å². The SMILES string of the molecule is CC(=O)N[C@@H](c1ccc(F)cc1)c1ccc(C#N)cc1. The molecule has 0 spiro atoms. The van der Waals surface area contributed by atoms with Gasteiger partial charge in [-0.3, -0.25) is 4.79 Å². The molecule has 0 heterocycles. The van der Waals surface area contributed by atoms with Crippen LogP contribution in [0, 0.1) is 17.1 Å². The quantitative estimate of drug-likeness (QED) is 0.930. The topological polar surface area (TPSA) is 52.9 Å². The lowest BCUT2D eigenvalue weighted by molar-refractivity contribution is -0.119. The number of amides is 1. The summed E-state index contributed by atoms with van der Waals surface area (Å²) in [4.78, 5) is 11.4. The van der Waals surface area contributed by atoms with Crippen LogP contribution < -0.4 is 5.32 Å². The van der Waals surface area contributed by atoms with Crippen molar-refractivity contribution in [2.24, 2.45) is 0 Å². The van der Waals surface area contributed by atoms with Crippen molar-refractivity contribution in [3.05, 3.63) is 71.0 Å². The minimum Gasteiger partial charge on any atom is -0.345 e. The summed E-state index contributed by atoms with van der Waals surface area (Å²) in [5.74, 6) is -0.501. The summed E-state index contributed by atoms with van der Waals surface area (Å²) in [7, 11) is 0. The van der Waals surface area contributed by atoms with Crippen molar-refractivity contribution in [3.63, 3.8) is 0 Å². The molecule has 1 N–H and O–H groups in total. The van der Waals surface area contributed by atoms with Crippen LogP contribution in [0.15, 0.2) is 48.5 Å². The smallest absolute Gasteiger partial charge is 0.217 e. The van der Waals surface area contributed by atoms with Gasteiger partial charge in [0.25, 0.3) is 0 Å². The lowest BCUT2D eigenvalue weighted by Crippen LogP contribution is -2.26. The van der Waals surface area contributed by atoms with Crippen molar-refractivity contribution in [1.82, 2.24) is 5.32 Å². The van der Waals surface area contributed by atoms with Crippen molar-refractivity contribution >= 4 is 5.91 Å². The fraction of sp³-hybridized carbons (Fsp3) is 0.125. The molecule has 3 nitrogen and oxygen atoms in total. The first-order valence-corrected chi connectivity index (χ1v) is 6.13. The number of carbonyl (C=O) groups is 1. The highest BCUT2D eigenvalue weighted by Gasteiger charge is 2.15. The molecule has 0 aliphatic carbocycles. The number of benzene rings is 2. The lowest BCUT2D eigenvalue weighted by Gasteiger charge is -2.19. The normalized spacial score (nSPS) is 11.4. The van der Waals surface area contributed by atoms with Gasteiger partial charge >= 0.3 is 0 Å². The van der Waals surface area contributed by atoms with Crippen molar-refractivity contribution in [2.45, 2.75) is 13.0 Å². The second-order valence-corrected chi connectivity index (χ2v) is 4.42. The maximum absolute atomic E-state index is 13.0. The van der Waals surface area contributed by atoms with Gasteiger partial charge in [0.1, 0.15) is 5.82 Å². The first-order chi connectivity index (χ1) is 9.60. The van der Waals surface area contributed by atoms with Crippen molar-refractivity contribution < 1.29 is 9.18 Å². The van der Waals surface area contributed by atoms with Gasteiger partial charge in [0.05, 0.1) is 17.7 Å². The Kier molecular flexibility index (Phi) is 4.11. The second-order valence-electron chi connectivity index (χ2n) is 4.42. The van der Waals surface area contributed by atoms with E-state index in [1.54, 1.807) is 36.4 Å². The van der Waals surface area contributed by atoms with Crippen LogP contribution in [0.2, 0.25) is 0 Å². The highest BCUT2D eigenvalue weighted by Crippen LogP contribution is 2.22. The van der Waals surface area contributed by atoms with E-state index in [4.69, 9.17) is 5.26 Å². The zero-order valence-corrected chi connectivity index (χ0v) is 10.9. The molecule has 100 valence electrons. The first kappa shape index (κ1) is 13.8. The number of hydrogen-bond donors (Lipinski definition) is 1. The third kappa shape index (κ3) is 3.21. The van der Waals surface area contributed by atoms with Crippen molar-refractivity contribution in [2.75, 3.05) is 0 Å². The predicted octanol–water partition coefficient (Wildman–Crippen LogP) is 2.92. The zero-order valence-electron chi connectivity index (χ0n) is 10.9. The van der Waals surface area contributed by atoms with Gasteiger partial charge in [-0.15, -0.1) is 0 Å². The van der Waals surface area contributed by atoms with E-state index in [9.17, 15) is 9.18 Å². The monoisotopic (exact) mass is 268 g/mol. The molecule has 2 aromatic rings. The van der Waals surface area contributed by atoms with Crippen LogP contribution in [-0.4, -0.2) is 5.91 Å². The summed E-state index contributed by atoms with van der Waals surface area (Å²) in [6.07, 6.45) is 0. The van der Waals surface area contributed by atoms with Crippen LogP contribution in [-0.2, 0) is 4.79 Å². The number of carbonyl (C=O) groups excluding carboxylic acids is 1. The lowest BCUT2D eigenvalue weighted by atomic mass is 9.97. The molecule has 0 aromatic heterocycles. The van der Waals surface area contributed by atoms with E-state index < -0.39 is 0 Å². The highest BCUT2D eigenvalue weighted by atomic mass is 19.1. The molecule has 0 saturated heterocycles. The van der Waals surface area contributed by atoms with Crippen LogP contribution >= 0.6 is 0 Å². The van der Waals surface area contributed by atoms with Crippen LogP contribution in [0.25, 0.3) is 0 Å². The third-order valence-electron chi connectivity index (χ3n) is 2.92. The van der Waals surface area contributed by atoms with E-state index in [-0.39, 0.29) is 17.8 Å². The Morgan fingerprint density at radius 2 is 1.60 bits per heavy atom. The molecule has 1 amide bonds. The van der Waals surface area contributed by atoms with E-state index in [0.717, 1.165) is 11.1 Å². The standard InChI is InChI=1S/C16H13FN2O/c1-11(20)19-16(14-6-8-15(17)9-7-14)13-4-2-12(10-18)3-5-13/h2-9,16H,1H3,(H,19,20)/t16-/m1/s1. The Balaban J connectivity index is 2.38. The van der Waals surface area contributed by atoms with Crippen molar-refractivity contribution in [3.8, 4) is 6.07 Å². The fourth-order valence-electron chi connectivity index (χ4n) is 1.97. The molecule has 0 bridgehead atoms. The van der Waals surface area contributed by atoms with E-state index >= 15 is 0 Å². The van der Waals surface area contributed by atoms with Crippen LogP contribution in [0.1, 0.15) is 29.7 Å². The van der Waals surface area contributed by atoms with E-state index in [1.807, 2.05) is 6.07 Å². The second kappa shape index (κ2) is 5.98. The van der Waals surface area contributed by atoms with Gasteiger partial charge in [-0.25, -0.2) is 4.39 Å². The Morgan fingerprint density at radius 1 is 1.10 bits per heavy atom. The zero-order chi connectivity index (χ0) is 14.5. The summed E-state index contributed by atoms with van der Waals surface area (Å²) in [5.41, 5.74) is 2.17. The summed E-state index contributed by atoms with van der Waals surface area (Å²) in [6, 6.07) is 14.6. The van der Waals surface area contributed by atoms with Crippen LogP contribution in [0.5, 0.6) is 0 Å². The highest BCUT2D eigenvalue weighted by molar-refractivity contribution is 5.74. The van der Waals surface area contributed by atoms with Gasteiger partial charge in [-0.2, -0.15) is 5.26 Å². The number of halogens is 1. The summed E-state index contributed by atoms with van der Waals surface area (Å²) < 4.78 is 13.0. The molecule has 1 atom stereocenters. The first-order valence-electron chi connectivity index (χ1n) is 6.13. The molecule has 2 rings (SSSR count). The molecule has 0 aliphatic heterocycles. The van der Waals surface area contributed by atoms with Gasteiger partial charge in [0, 0.05) is 6.92 Å². The summed E-state index contributed by atoms with van der Waals surface area (Å²) >= 11 is 0. The Bertz CT molecular complexity index is 642. The number of nitriles is 1. The van der Waals surface area contributed by atoms with Crippen LogP contribution in [0.4, 0.5) is 4.39 Å². The molecule has 0 aliphatic rings. The fourth-order valence-corrected chi connectivity index (χ4v) is 1.97. The maximum Gasteiger partial charge on any atom is 0.217 e. The molecular weight excluding hydrogens is 255 g/mol. The average molecular weight is 268 g/mol. The summed E-state index contributed by atoms with van der Waals surface area (Å²) in [6.45, 7) is 1.43. The Labute approximate surface area is 116 Å². The maximum atomic E-state index is 13.0. The minimum absolute atomic E-state index is 0.177. The number of hydrogen-bond acceptors (Lipinski definition) is 2. The molecular formula is C16H13FN2O. The third-order valence-corrected chi connectivity index (χ3v) is 2.92. The van der Waals surface area contributed by atoms with Crippen LogP contribution in [0.3, 0.4) is 0 Å². The predicted molar refractivity (Wildman–Crippen MR) is 73.2 cm³/mol. The summed E-state index contributed by atoms with van der Waals surface area (Å²) in [5, 5.41) is 11.6. The molecule has 20 heavy (non-hydrogen) atoms. The molecule has 2 aromatic carbocycles. The largest absolute Gasteiger partial charge is 0.345 e. The molecule has 4 heteroatoms. The van der Waals surface area contributed by atoms with Gasteiger partial charge in [-0.05, 0) is 35.4 Å². The van der Waals surface area contributed by atoms with Crippen molar-refractivity contribution in [1.29, 1.82) is 5.26 Å². The van der Waals surface area contributed by atoms with Gasteiger partial charge < -0.3 is 5.32 Å². The average Bonchev–Trinajstić information content (AvgIpc) is 2.46. The van der Waals surface area contributed by atoms with E-state index in [1.165, 1.54) is 19.1 Å². The number of rotatable bonds is 3. The van der Waals surface area contributed by atoms with Gasteiger partial charge in [-0.1, -0.05) is 24.3 Å². The number of nitrogens with zero attached hydrogens (tertiary/aromatic N) is 1. The Hall–Kier alpha value is -2.67. The molecule has 0 fully saturated rings. The molecule has 0 unspecified atom stereocenters. The minimum atomic E-state index is -0.360.